The fraction of sp³-hybridized carbons (Fsp3) is 0.269. The summed E-state index contributed by atoms with van der Waals surface area (Å²) in [5, 5.41) is 4.56. The molecule has 1 amide bonds. The highest BCUT2D eigenvalue weighted by Crippen LogP contribution is 2.18. The Kier molecular flexibility index (Phi) is 5.46. The Morgan fingerprint density at radius 3 is 2.27 bits per heavy atom. The number of amides is 1. The molecule has 33 heavy (non-hydrogen) atoms. The molecular formula is C26H27N5O2. The summed E-state index contributed by atoms with van der Waals surface area (Å²) in [7, 11) is 0. The zero-order valence-electron chi connectivity index (χ0n) is 18.9. The standard InChI is InChI=1S/C26H27N5O2/c1-19-8-9-20(2)31(19)23-12-10-22(11-13-23)25(32)28-15-14-24-27-30(26(33)29(24)17-16-28)18-21-6-4-3-5-7-21/h3-13H,14-18H2,1-2H3. The third-order valence-electron chi connectivity index (χ3n) is 6.30. The summed E-state index contributed by atoms with van der Waals surface area (Å²) in [5.41, 5.74) is 4.94. The van der Waals surface area contributed by atoms with E-state index in [0.717, 1.165) is 28.5 Å². The first-order chi connectivity index (χ1) is 16.0. The van der Waals surface area contributed by atoms with Gasteiger partial charge < -0.3 is 9.47 Å². The highest BCUT2D eigenvalue weighted by atomic mass is 16.2. The maximum absolute atomic E-state index is 13.2. The molecule has 5 rings (SSSR count). The Hall–Kier alpha value is -3.87. The van der Waals surface area contributed by atoms with E-state index >= 15 is 0 Å². The third-order valence-corrected chi connectivity index (χ3v) is 6.30. The van der Waals surface area contributed by atoms with Crippen molar-refractivity contribution in [2.24, 2.45) is 0 Å². The van der Waals surface area contributed by atoms with Crippen molar-refractivity contribution in [3.8, 4) is 5.69 Å². The molecular weight excluding hydrogens is 414 g/mol. The van der Waals surface area contributed by atoms with Crippen molar-refractivity contribution >= 4 is 5.91 Å². The third kappa shape index (κ3) is 4.02. The summed E-state index contributed by atoms with van der Waals surface area (Å²) in [5.74, 6) is 0.720. The number of rotatable bonds is 4. The van der Waals surface area contributed by atoms with Gasteiger partial charge in [-0.05, 0) is 55.8 Å². The van der Waals surface area contributed by atoms with Crippen LogP contribution < -0.4 is 5.69 Å². The monoisotopic (exact) mass is 441 g/mol. The highest BCUT2D eigenvalue weighted by molar-refractivity contribution is 5.94. The largest absolute Gasteiger partial charge is 0.346 e. The Morgan fingerprint density at radius 2 is 1.58 bits per heavy atom. The van der Waals surface area contributed by atoms with Gasteiger partial charge in [-0.15, -0.1) is 0 Å². The van der Waals surface area contributed by atoms with Gasteiger partial charge in [0.15, 0.2) is 0 Å². The van der Waals surface area contributed by atoms with E-state index in [2.05, 4.69) is 35.6 Å². The van der Waals surface area contributed by atoms with Gasteiger partial charge in [-0.2, -0.15) is 5.10 Å². The lowest BCUT2D eigenvalue weighted by atomic mass is 10.1. The van der Waals surface area contributed by atoms with Gasteiger partial charge in [0.1, 0.15) is 5.82 Å². The van der Waals surface area contributed by atoms with Crippen LogP contribution in [0.4, 0.5) is 0 Å². The van der Waals surface area contributed by atoms with E-state index < -0.39 is 0 Å². The lowest BCUT2D eigenvalue weighted by Gasteiger charge is -2.20. The molecule has 1 aliphatic heterocycles. The van der Waals surface area contributed by atoms with Gasteiger partial charge in [-0.3, -0.25) is 9.36 Å². The Morgan fingerprint density at radius 1 is 0.879 bits per heavy atom. The highest BCUT2D eigenvalue weighted by Gasteiger charge is 2.23. The van der Waals surface area contributed by atoms with Crippen LogP contribution in [0.3, 0.4) is 0 Å². The second kappa shape index (κ2) is 8.58. The van der Waals surface area contributed by atoms with E-state index in [9.17, 15) is 9.59 Å². The molecule has 168 valence electrons. The molecule has 3 heterocycles. The van der Waals surface area contributed by atoms with Crippen LogP contribution >= 0.6 is 0 Å². The average molecular weight is 442 g/mol. The molecule has 1 aliphatic rings. The fourth-order valence-electron chi connectivity index (χ4n) is 4.54. The van der Waals surface area contributed by atoms with Gasteiger partial charge in [-0.25, -0.2) is 9.48 Å². The Bertz CT molecular complexity index is 1330. The maximum Gasteiger partial charge on any atom is 0.346 e. The second-order valence-electron chi connectivity index (χ2n) is 8.53. The number of aromatic nitrogens is 4. The van der Waals surface area contributed by atoms with E-state index in [0.29, 0.717) is 38.2 Å². The van der Waals surface area contributed by atoms with Crippen molar-refractivity contribution in [3.05, 3.63) is 106 Å². The molecule has 0 unspecified atom stereocenters. The van der Waals surface area contributed by atoms with Crippen molar-refractivity contribution in [1.82, 2.24) is 23.8 Å². The fourth-order valence-corrected chi connectivity index (χ4v) is 4.54. The van der Waals surface area contributed by atoms with Crippen LogP contribution in [0.2, 0.25) is 0 Å². The second-order valence-corrected chi connectivity index (χ2v) is 8.53. The predicted molar refractivity (Wildman–Crippen MR) is 127 cm³/mol. The van der Waals surface area contributed by atoms with Crippen LogP contribution in [0.15, 0.2) is 71.5 Å². The molecule has 0 radical (unpaired) electrons. The summed E-state index contributed by atoms with van der Waals surface area (Å²) in [6.45, 7) is 6.07. The maximum atomic E-state index is 13.2. The van der Waals surface area contributed by atoms with Crippen LogP contribution in [-0.4, -0.2) is 42.8 Å². The molecule has 7 nitrogen and oxygen atoms in total. The van der Waals surface area contributed by atoms with Crippen LogP contribution in [-0.2, 0) is 19.5 Å². The topological polar surface area (TPSA) is 65.1 Å². The van der Waals surface area contributed by atoms with E-state index in [1.807, 2.05) is 59.5 Å². The minimum Gasteiger partial charge on any atom is -0.336 e. The van der Waals surface area contributed by atoms with Gasteiger partial charge in [0.05, 0.1) is 6.54 Å². The van der Waals surface area contributed by atoms with E-state index in [1.165, 1.54) is 4.68 Å². The lowest BCUT2D eigenvalue weighted by molar-refractivity contribution is 0.0758. The predicted octanol–water partition coefficient (Wildman–Crippen LogP) is 3.20. The first kappa shape index (κ1) is 21.0. The molecule has 0 fully saturated rings. The van der Waals surface area contributed by atoms with Crippen molar-refractivity contribution in [3.63, 3.8) is 0 Å². The quantitative estimate of drug-likeness (QED) is 0.489. The molecule has 0 bridgehead atoms. The smallest absolute Gasteiger partial charge is 0.336 e. The summed E-state index contributed by atoms with van der Waals surface area (Å²) >= 11 is 0. The number of fused-ring (bicyclic) bond motifs is 1. The number of aryl methyl sites for hydroxylation is 2. The van der Waals surface area contributed by atoms with Crippen molar-refractivity contribution in [2.75, 3.05) is 13.1 Å². The van der Waals surface area contributed by atoms with E-state index in [1.54, 1.807) is 4.57 Å². The van der Waals surface area contributed by atoms with Crippen molar-refractivity contribution in [1.29, 1.82) is 0 Å². The number of benzene rings is 2. The number of hydrogen-bond donors (Lipinski definition) is 0. The molecule has 0 saturated carbocycles. The molecule has 0 aliphatic carbocycles. The SMILES string of the molecule is Cc1ccc(C)n1-c1ccc(C(=O)N2CCc3nn(Cc4ccccc4)c(=O)n3CC2)cc1. The first-order valence-electron chi connectivity index (χ1n) is 11.3. The van der Waals surface area contributed by atoms with Crippen molar-refractivity contribution < 1.29 is 4.79 Å². The van der Waals surface area contributed by atoms with Gasteiger partial charge in [0.2, 0.25) is 0 Å². The van der Waals surface area contributed by atoms with Gasteiger partial charge in [0.25, 0.3) is 5.91 Å². The minimum absolute atomic E-state index is 0.0159. The normalized spacial score (nSPS) is 13.6. The minimum atomic E-state index is -0.120. The van der Waals surface area contributed by atoms with Crippen LogP contribution in [0.25, 0.3) is 5.69 Å². The van der Waals surface area contributed by atoms with E-state index in [4.69, 9.17) is 0 Å². The molecule has 0 atom stereocenters. The van der Waals surface area contributed by atoms with Crippen LogP contribution in [0.5, 0.6) is 0 Å². The van der Waals surface area contributed by atoms with Crippen molar-refractivity contribution in [2.45, 2.75) is 33.4 Å². The molecule has 4 aromatic rings. The van der Waals surface area contributed by atoms with Crippen LogP contribution in [0.1, 0.15) is 33.1 Å². The number of carbonyl (C=O) groups is 1. The molecule has 0 saturated heterocycles. The molecule has 2 aromatic heterocycles. The molecule has 0 N–H and O–H groups in total. The molecule has 0 spiro atoms. The Labute approximate surface area is 192 Å². The van der Waals surface area contributed by atoms with E-state index in [-0.39, 0.29) is 11.6 Å². The lowest BCUT2D eigenvalue weighted by Crippen LogP contribution is -2.35. The Balaban J connectivity index is 1.29. The summed E-state index contributed by atoms with van der Waals surface area (Å²) in [4.78, 5) is 27.9. The zero-order chi connectivity index (χ0) is 22.9. The zero-order valence-corrected chi connectivity index (χ0v) is 18.9. The molecule has 2 aromatic carbocycles. The summed E-state index contributed by atoms with van der Waals surface area (Å²) in [6.07, 6.45) is 0.558. The number of hydrogen-bond acceptors (Lipinski definition) is 3. The van der Waals surface area contributed by atoms with Gasteiger partial charge >= 0.3 is 5.69 Å². The number of nitrogens with zero attached hydrogens (tertiary/aromatic N) is 5. The first-order valence-corrected chi connectivity index (χ1v) is 11.3. The van der Waals surface area contributed by atoms with Crippen LogP contribution in [0, 0.1) is 13.8 Å². The van der Waals surface area contributed by atoms with Gasteiger partial charge in [-0.1, -0.05) is 30.3 Å². The average Bonchev–Trinajstić information content (AvgIpc) is 3.22. The summed E-state index contributed by atoms with van der Waals surface area (Å²) in [6, 6.07) is 21.7. The molecule has 7 heteroatoms. The number of carbonyl (C=O) groups excluding carboxylic acids is 1. The summed E-state index contributed by atoms with van der Waals surface area (Å²) < 4.78 is 5.39. The van der Waals surface area contributed by atoms with Gasteiger partial charge in [0, 0.05) is 48.7 Å².